The van der Waals surface area contributed by atoms with Crippen LogP contribution in [0, 0.1) is 0 Å². The first kappa shape index (κ1) is 20.7. The number of nitrogens with one attached hydrogen (secondary N) is 1. The van der Waals surface area contributed by atoms with Crippen molar-refractivity contribution in [2.75, 3.05) is 40.3 Å². The second-order valence-electron chi connectivity index (χ2n) is 8.54. The van der Waals surface area contributed by atoms with Crippen LogP contribution in [0.1, 0.15) is 44.2 Å². The predicted octanol–water partition coefficient (Wildman–Crippen LogP) is 2.75. The van der Waals surface area contributed by atoms with Gasteiger partial charge < -0.3 is 19.9 Å². The number of carbonyl (C=O) groups is 2. The first-order valence-electron chi connectivity index (χ1n) is 10.9. The third-order valence-corrected chi connectivity index (χ3v) is 6.68. The van der Waals surface area contributed by atoms with Gasteiger partial charge in [-0.25, -0.2) is 4.79 Å². The molecule has 1 fully saturated rings. The number of rotatable bonds is 6. The van der Waals surface area contributed by atoms with Crippen LogP contribution in [0.15, 0.2) is 35.5 Å². The number of ether oxygens (including phenoxy) is 1. The molecule has 3 aliphatic heterocycles. The van der Waals surface area contributed by atoms with E-state index in [-0.39, 0.29) is 11.9 Å². The molecule has 2 atom stereocenters. The summed E-state index contributed by atoms with van der Waals surface area (Å²) in [5.41, 5.74) is 2.35. The maximum Gasteiger partial charge on any atom is 0.322 e. The van der Waals surface area contributed by atoms with Crippen molar-refractivity contribution < 1.29 is 14.3 Å². The molecule has 7 heteroatoms. The van der Waals surface area contributed by atoms with Gasteiger partial charge in [0.05, 0.1) is 31.0 Å². The number of likely N-dealkylation sites (N-methyl/N-ethyl adjacent to an activating group) is 1. The molecule has 1 aromatic carbocycles. The van der Waals surface area contributed by atoms with Gasteiger partial charge in [-0.1, -0.05) is 18.6 Å². The summed E-state index contributed by atoms with van der Waals surface area (Å²) in [4.78, 5) is 31.9. The Hall–Kier alpha value is -2.54. The highest BCUT2D eigenvalue weighted by atomic mass is 16.5. The number of benzene rings is 1. The molecule has 0 aromatic heterocycles. The molecule has 1 N–H and O–H groups in total. The number of amides is 3. The summed E-state index contributed by atoms with van der Waals surface area (Å²) >= 11 is 0. The first-order valence-corrected chi connectivity index (χ1v) is 10.9. The third kappa shape index (κ3) is 3.90. The fraction of sp³-hybridized carbons (Fsp3) is 0.565. The van der Waals surface area contributed by atoms with Crippen molar-refractivity contribution in [3.8, 4) is 5.75 Å². The van der Waals surface area contributed by atoms with Crippen molar-refractivity contribution in [1.29, 1.82) is 0 Å². The molecular weight excluding hydrogens is 380 g/mol. The lowest BCUT2D eigenvalue weighted by atomic mass is 9.95. The average Bonchev–Trinajstić information content (AvgIpc) is 3.09. The van der Waals surface area contributed by atoms with E-state index in [4.69, 9.17) is 4.74 Å². The molecule has 30 heavy (non-hydrogen) atoms. The minimum Gasteiger partial charge on any atom is -0.497 e. The zero-order chi connectivity index (χ0) is 21.3. The Labute approximate surface area is 178 Å². The van der Waals surface area contributed by atoms with E-state index >= 15 is 0 Å². The molecule has 1 saturated heterocycles. The third-order valence-electron chi connectivity index (χ3n) is 6.68. The highest BCUT2D eigenvalue weighted by Gasteiger charge is 2.42. The minimum absolute atomic E-state index is 0.0244. The SMILES string of the molecule is COc1cccc(C2NC(=O)N(C)C3=C2C(=O)N(CCCN2CCCCC2C)C3)c1. The van der Waals surface area contributed by atoms with Gasteiger partial charge >= 0.3 is 6.03 Å². The van der Waals surface area contributed by atoms with Gasteiger partial charge in [0.25, 0.3) is 5.91 Å². The van der Waals surface area contributed by atoms with Crippen LogP contribution in [0.25, 0.3) is 0 Å². The quantitative estimate of drug-likeness (QED) is 0.780. The lowest BCUT2D eigenvalue weighted by Crippen LogP contribution is -2.45. The number of carbonyl (C=O) groups excluding carboxylic acids is 2. The largest absolute Gasteiger partial charge is 0.497 e. The van der Waals surface area contributed by atoms with E-state index in [2.05, 4.69) is 17.1 Å². The standard InChI is InChI=1S/C23H32N4O3/c1-16-8-4-5-11-26(16)12-7-13-27-15-19-20(22(27)28)21(24-23(29)25(19)2)17-9-6-10-18(14-17)30-3/h6,9-10,14,16,21H,4-5,7-8,11-13,15H2,1-3H3,(H,24,29). The Morgan fingerprint density at radius 2 is 2.03 bits per heavy atom. The molecule has 7 nitrogen and oxygen atoms in total. The number of piperidine rings is 1. The van der Waals surface area contributed by atoms with Gasteiger partial charge in [0.1, 0.15) is 5.75 Å². The molecule has 0 spiro atoms. The normalized spacial score (nSPS) is 24.9. The molecule has 3 amide bonds. The van der Waals surface area contributed by atoms with E-state index in [0.29, 0.717) is 30.5 Å². The summed E-state index contributed by atoms with van der Waals surface area (Å²) in [7, 11) is 3.35. The van der Waals surface area contributed by atoms with Crippen LogP contribution in [0.5, 0.6) is 5.75 Å². The van der Waals surface area contributed by atoms with Gasteiger partial charge in [-0.2, -0.15) is 0 Å². The number of methoxy groups -OCH3 is 1. The van der Waals surface area contributed by atoms with Crippen LogP contribution in [0.2, 0.25) is 0 Å². The van der Waals surface area contributed by atoms with E-state index < -0.39 is 6.04 Å². The predicted molar refractivity (Wildman–Crippen MR) is 115 cm³/mol. The van der Waals surface area contributed by atoms with Gasteiger partial charge in [-0.05, 0) is 50.4 Å². The zero-order valence-corrected chi connectivity index (χ0v) is 18.2. The molecule has 162 valence electrons. The van der Waals surface area contributed by atoms with Crippen molar-refractivity contribution in [2.24, 2.45) is 0 Å². The molecular formula is C23H32N4O3. The molecule has 3 heterocycles. The van der Waals surface area contributed by atoms with Crippen molar-refractivity contribution in [3.05, 3.63) is 41.1 Å². The van der Waals surface area contributed by atoms with E-state index in [9.17, 15) is 9.59 Å². The van der Waals surface area contributed by atoms with Crippen LogP contribution in [-0.4, -0.2) is 73.0 Å². The fourth-order valence-electron chi connectivity index (χ4n) is 4.83. The smallest absolute Gasteiger partial charge is 0.322 e. The molecule has 2 unspecified atom stereocenters. The topological polar surface area (TPSA) is 65.1 Å². The number of hydrogen-bond acceptors (Lipinski definition) is 4. The van der Waals surface area contributed by atoms with E-state index in [1.165, 1.54) is 19.3 Å². The van der Waals surface area contributed by atoms with Gasteiger partial charge in [0, 0.05) is 26.2 Å². The number of hydrogen-bond donors (Lipinski definition) is 1. The van der Waals surface area contributed by atoms with E-state index in [1.807, 2.05) is 29.2 Å². The summed E-state index contributed by atoms with van der Waals surface area (Å²) in [5.74, 6) is 0.733. The molecule has 4 rings (SSSR count). The lowest BCUT2D eigenvalue weighted by Gasteiger charge is -2.33. The maximum absolute atomic E-state index is 13.3. The van der Waals surface area contributed by atoms with Gasteiger partial charge in [0.15, 0.2) is 0 Å². The highest BCUT2D eigenvalue weighted by molar-refractivity contribution is 6.01. The van der Waals surface area contributed by atoms with E-state index in [0.717, 1.165) is 30.8 Å². The van der Waals surface area contributed by atoms with E-state index in [1.54, 1.807) is 19.1 Å². The second kappa shape index (κ2) is 8.68. The van der Waals surface area contributed by atoms with Crippen molar-refractivity contribution in [3.63, 3.8) is 0 Å². The molecule has 0 saturated carbocycles. The van der Waals surface area contributed by atoms with Gasteiger partial charge in [0.2, 0.25) is 0 Å². The Morgan fingerprint density at radius 3 is 2.80 bits per heavy atom. The Morgan fingerprint density at radius 1 is 1.20 bits per heavy atom. The van der Waals surface area contributed by atoms with Gasteiger partial charge in [-0.15, -0.1) is 0 Å². The summed E-state index contributed by atoms with van der Waals surface area (Å²) in [6.07, 6.45) is 4.80. The number of likely N-dealkylation sites (tertiary alicyclic amines) is 1. The zero-order valence-electron chi connectivity index (χ0n) is 18.2. The van der Waals surface area contributed by atoms with Crippen LogP contribution in [0.3, 0.4) is 0 Å². The second-order valence-corrected chi connectivity index (χ2v) is 8.54. The van der Waals surface area contributed by atoms with Crippen LogP contribution in [-0.2, 0) is 4.79 Å². The van der Waals surface area contributed by atoms with Crippen molar-refractivity contribution >= 4 is 11.9 Å². The minimum atomic E-state index is -0.446. The first-order chi connectivity index (χ1) is 14.5. The average molecular weight is 413 g/mol. The number of nitrogens with zero attached hydrogens (tertiary/aromatic N) is 3. The highest BCUT2D eigenvalue weighted by Crippen LogP contribution is 2.36. The molecule has 3 aliphatic rings. The lowest BCUT2D eigenvalue weighted by molar-refractivity contribution is -0.125. The Bertz CT molecular complexity index is 853. The monoisotopic (exact) mass is 412 g/mol. The van der Waals surface area contributed by atoms with Crippen LogP contribution >= 0.6 is 0 Å². The molecule has 0 bridgehead atoms. The van der Waals surface area contributed by atoms with Crippen molar-refractivity contribution in [1.82, 2.24) is 20.0 Å². The fourth-order valence-corrected chi connectivity index (χ4v) is 4.83. The Kier molecular flexibility index (Phi) is 5.99. The summed E-state index contributed by atoms with van der Waals surface area (Å²) in [5, 5.41) is 2.99. The Balaban J connectivity index is 1.48. The van der Waals surface area contributed by atoms with Gasteiger partial charge in [-0.3, -0.25) is 9.69 Å². The summed E-state index contributed by atoms with van der Waals surface area (Å²) < 4.78 is 5.33. The number of urea groups is 1. The maximum atomic E-state index is 13.3. The van der Waals surface area contributed by atoms with Crippen molar-refractivity contribution in [2.45, 2.75) is 44.7 Å². The summed E-state index contributed by atoms with van der Waals surface area (Å²) in [6.45, 7) is 5.67. The van der Waals surface area contributed by atoms with Crippen LogP contribution in [0.4, 0.5) is 4.79 Å². The summed E-state index contributed by atoms with van der Waals surface area (Å²) in [6, 6.07) is 7.56. The van der Waals surface area contributed by atoms with Crippen LogP contribution < -0.4 is 10.1 Å². The molecule has 1 aromatic rings. The molecule has 0 radical (unpaired) electrons. The molecule has 0 aliphatic carbocycles.